The summed E-state index contributed by atoms with van der Waals surface area (Å²) in [6.07, 6.45) is 5.09. The molecule has 2 fully saturated rings. The first-order valence-electron chi connectivity index (χ1n) is 9.87. The highest BCUT2D eigenvalue weighted by Gasteiger charge is 2.40. The number of halogens is 2. The van der Waals surface area contributed by atoms with Crippen LogP contribution < -0.4 is 0 Å². The molecular weight excluding hydrogens is 344 g/mol. The molecule has 0 aliphatic carbocycles. The van der Waals surface area contributed by atoms with E-state index in [9.17, 15) is 13.6 Å². The lowest BCUT2D eigenvalue weighted by Gasteiger charge is -2.48. The Morgan fingerprint density at radius 3 is 2.37 bits per heavy atom. The number of Topliss-reactive ketones (excluding diaryl/α,β-unsaturated/α-hetero) is 1. The molecule has 0 amide bonds. The van der Waals surface area contributed by atoms with E-state index in [1.807, 2.05) is 6.07 Å². The third-order valence-corrected chi connectivity index (χ3v) is 6.19. The minimum absolute atomic E-state index is 0.00755. The van der Waals surface area contributed by atoms with Crippen molar-refractivity contribution in [3.05, 3.63) is 71.3 Å². The summed E-state index contributed by atoms with van der Waals surface area (Å²) in [5, 5.41) is 0. The lowest BCUT2D eigenvalue weighted by molar-refractivity contribution is -0.126. The first-order chi connectivity index (χ1) is 13.1. The molecule has 2 aliphatic heterocycles. The minimum atomic E-state index is -0.882. The number of carbonyl (C=O) groups excluding carboxylic acids is 1. The molecule has 0 aromatic heterocycles. The zero-order valence-corrected chi connectivity index (χ0v) is 15.4. The highest BCUT2D eigenvalue weighted by Crippen LogP contribution is 2.38. The standard InChI is InChI=1S/C23H25F2NO/c24-21-11-4-8-17(23(21)25)14-22(27)18-12-19-9-5-10-20(13-18)26(19)15-16-6-2-1-3-7-16/h1-4,6-8,11,18-20H,5,9-10,12-15H2. The first-order valence-corrected chi connectivity index (χ1v) is 9.87. The van der Waals surface area contributed by atoms with E-state index in [4.69, 9.17) is 0 Å². The van der Waals surface area contributed by atoms with Crippen molar-refractivity contribution >= 4 is 5.78 Å². The Labute approximate surface area is 159 Å². The summed E-state index contributed by atoms with van der Waals surface area (Å²) in [5.74, 6) is -1.76. The fourth-order valence-corrected chi connectivity index (χ4v) is 4.81. The van der Waals surface area contributed by atoms with E-state index in [1.165, 1.54) is 24.1 Å². The Balaban J connectivity index is 1.45. The Bertz CT molecular complexity index is 793. The number of piperidine rings is 2. The number of hydrogen-bond acceptors (Lipinski definition) is 2. The van der Waals surface area contributed by atoms with Gasteiger partial charge in [0.05, 0.1) is 0 Å². The van der Waals surface area contributed by atoms with Crippen LogP contribution in [0.15, 0.2) is 48.5 Å². The second-order valence-corrected chi connectivity index (χ2v) is 7.92. The van der Waals surface area contributed by atoms with Crippen LogP contribution in [-0.4, -0.2) is 22.8 Å². The zero-order valence-electron chi connectivity index (χ0n) is 15.4. The highest BCUT2D eigenvalue weighted by molar-refractivity contribution is 5.83. The number of hydrogen-bond donors (Lipinski definition) is 0. The molecule has 142 valence electrons. The molecular formula is C23H25F2NO. The van der Waals surface area contributed by atoms with Crippen molar-refractivity contribution in [2.75, 3.05) is 0 Å². The fraction of sp³-hybridized carbons (Fsp3) is 0.435. The van der Waals surface area contributed by atoms with E-state index in [0.29, 0.717) is 12.1 Å². The van der Waals surface area contributed by atoms with Crippen LogP contribution in [0.4, 0.5) is 8.78 Å². The van der Waals surface area contributed by atoms with Gasteiger partial charge in [-0.15, -0.1) is 0 Å². The monoisotopic (exact) mass is 369 g/mol. The summed E-state index contributed by atoms with van der Waals surface area (Å²) in [6.45, 7) is 0.926. The van der Waals surface area contributed by atoms with E-state index < -0.39 is 11.6 Å². The van der Waals surface area contributed by atoms with Gasteiger partial charge in [-0.2, -0.15) is 0 Å². The molecule has 2 heterocycles. The predicted molar refractivity (Wildman–Crippen MR) is 101 cm³/mol. The number of carbonyl (C=O) groups is 1. The highest BCUT2D eigenvalue weighted by atomic mass is 19.2. The van der Waals surface area contributed by atoms with Gasteiger partial charge in [0.2, 0.25) is 0 Å². The molecule has 2 atom stereocenters. The first kappa shape index (κ1) is 18.3. The lowest BCUT2D eigenvalue weighted by Crippen LogP contribution is -2.52. The number of ketones is 1. The van der Waals surface area contributed by atoms with Gasteiger partial charge in [0.15, 0.2) is 11.6 Å². The van der Waals surface area contributed by atoms with Crippen molar-refractivity contribution in [1.82, 2.24) is 4.90 Å². The van der Waals surface area contributed by atoms with Gasteiger partial charge >= 0.3 is 0 Å². The van der Waals surface area contributed by atoms with Crippen LogP contribution in [0.3, 0.4) is 0 Å². The zero-order chi connectivity index (χ0) is 18.8. The summed E-state index contributed by atoms with van der Waals surface area (Å²) in [4.78, 5) is 15.4. The van der Waals surface area contributed by atoms with Crippen molar-refractivity contribution in [3.8, 4) is 0 Å². The van der Waals surface area contributed by atoms with Crippen molar-refractivity contribution in [1.29, 1.82) is 0 Å². The van der Waals surface area contributed by atoms with Gasteiger partial charge in [-0.1, -0.05) is 48.9 Å². The topological polar surface area (TPSA) is 20.3 Å². The largest absolute Gasteiger partial charge is 0.299 e. The van der Waals surface area contributed by atoms with Crippen molar-refractivity contribution in [2.45, 2.75) is 57.2 Å². The van der Waals surface area contributed by atoms with Crippen molar-refractivity contribution < 1.29 is 13.6 Å². The Morgan fingerprint density at radius 2 is 1.67 bits per heavy atom. The van der Waals surface area contributed by atoms with Crippen LogP contribution in [0.5, 0.6) is 0 Å². The van der Waals surface area contributed by atoms with E-state index in [-0.39, 0.29) is 23.7 Å². The van der Waals surface area contributed by atoms with Crippen LogP contribution in [0, 0.1) is 17.6 Å². The third-order valence-electron chi connectivity index (χ3n) is 6.19. The normalized spacial score (nSPS) is 25.3. The van der Waals surface area contributed by atoms with Gasteiger partial charge in [0.1, 0.15) is 5.78 Å². The molecule has 0 spiro atoms. The third kappa shape index (κ3) is 3.96. The van der Waals surface area contributed by atoms with Gasteiger partial charge in [0.25, 0.3) is 0 Å². The number of fused-ring (bicyclic) bond motifs is 2. The maximum absolute atomic E-state index is 13.9. The summed E-state index contributed by atoms with van der Waals surface area (Å²) >= 11 is 0. The Hall–Kier alpha value is -2.07. The molecule has 4 rings (SSSR count). The molecule has 0 radical (unpaired) electrons. The molecule has 2 nitrogen and oxygen atoms in total. The fourth-order valence-electron chi connectivity index (χ4n) is 4.81. The van der Waals surface area contributed by atoms with Crippen LogP contribution in [-0.2, 0) is 17.8 Å². The van der Waals surface area contributed by atoms with E-state index in [1.54, 1.807) is 0 Å². The average molecular weight is 369 g/mol. The number of benzene rings is 2. The van der Waals surface area contributed by atoms with E-state index >= 15 is 0 Å². The lowest BCUT2D eigenvalue weighted by atomic mass is 9.75. The molecule has 4 heteroatoms. The predicted octanol–water partition coefficient (Wildman–Crippen LogP) is 4.91. The molecule has 27 heavy (non-hydrogen) atoms. The summed E-state index contributed by atoms with van der Waals surface area (Å²) in [5.41, 5.74) is 1.48. The summed E-state index contributed by atoms with van der Waals surface area (Å²) < 4.78 is 27.4. The van der Waals surface area contributed by atoms with E-state index in [0.717, 1.165) is 38.3 Å². The second kappa shape index (κ2) is 7.89. The van der Waals surface area contributed by atoms with Gasteiger partial charge in [-0.3, -0.25) is 9.69 Å². The van der Waals surface area contributed by atoms with Crippen LogP contribution in [0.1, 0.15) is 43.2 Å². The Kier molecular flexibility index (Phi) is 5.35. The van der Waals surface area contributed by atoms with Crippen LogP contribution in [0.2, 0.25) is 0 Å². The molecule has 0 N–H and O–H groups in total. The van der Waals surface area contributed by atoms with Gasteiger partial charge < -0.3 is 0 Å². The summed E-state index contributed by atoms with van der Waals surface area (Å²) in [6, 6.07) is 15.4. The molecule has 2 aromatic carbocycles. The number of nitrogens with zero attached hydrogens (tertiary/aromatic N) is 1. The Morgan fingerprint density at radius 1 is 0.963 bits per heavy atom. The molecule has 2 aliphatic rings. The maximum atomic E-state index is 13.9. The quantitative estimate of drug-likeness (QED) is 0.746. The average Bonchev–Trinajstić information content (AvgIpc) is 2.66. The van der Waals surface area contributed by atoms with Crippen molar-refractivity contribution in [2.24, 2.45) is 5.92 Å². The number of rotatable bonds is 5. The van der Waals surface area contributed by atoms with Crippen molar-refractivity contribution in [3.63, 3.8) is 0 Å². The van der Waals surface area contributed by atoms with Crippen LogP contribution >= 0.6 is 0 Å². The molecule has 2 saturated heterocycles. The van der Waals surface area contributed by atoms with Gasteiger partial charge in [-0.05, 0) is 42.9 Å². The molecule has 0 saturated carbocycles. The van der Waals surface area contributed by atoms with Gasteiger partial charge in [0, 0.05) is 31.0 Å². The van der Waals surface area contributed by atoms with Gasteiger partial charge in [-0.25, -0.2) is 8.78 Å². The molecule has 2 aromatic rings. The molecule has 2 unspecified atom stereocenters. The SMILES string of the molecule is O=C(Cc1cccc(F)c1F)C1CC2CCCC(C1)N2Cc1ccccc1. The minimum Gasteiger partial charge on any atom is -0.299 e. The summed E-state index contributed by atoms with van der Waals surface area (Å²) in [7, 11) is 0. The van der Waals surface area contributed by atoms with E-state index in [2.05, 4.69) is 29.2 Å². The maximum Gasteiger partial charge on any atom is 0.162 e. The van der Waals surface area contributed by atoms with Crippen LogP contribution in [0.25, 0.3) is 0 Å². The smallest absolute Gasteiger partial charge is 0.162 e. The second-order valence-electron chi connectivity index (χ2n) is 7.92. The molecule has 2 bridgehead atoms.